The average molecular weight is 724 g/mol. The van der Waals surface area contributed by atoms with Gasteiger partial charge in [0, 0.05) is 40.0 Å². The van der Waals surface area contributed by atoms with Crippen LogP contribution in [-0.4, -0.2) is 110 Å². The van der Waals surface area contributed by atoms with Crippen LogP contribution in [0, 0.1) is 5.92 Å². The van der Waals surface area contributed by atoms with Gasteiger partial charge in [-0.1, -0.05) is 42.3 Å². The number of allylic oxidation sites excluding steroid dienone is 3. The maximum absolute atomic E-state index is 14.0. The van der Waals surface area contributed by atoms with Crippen LogP contribution in [0.4, 0.5) is 10.5 Å². The van der Waals surface area contributed by atoms with Crippen molar-refractivity contribution in [1.82, 2.24) is 10.2 Å². The van der Waals surface area contributed by atoms with Crippen molar-refractivity contribution < 1.29 is 43.2 Å². The number of fused-ring (bicyclic) bond motifs is 5. The highest BCUT2D eigenvalue weighted by molar-refractivity contribution is 7.80. The van der Waals surface area contributed by atoms with Crippen LogP contribution >= 0.6 is 24.2 Å². The van der Waals surface area contributed by atoms with Crippen LogP contribution in [0.1, 0.15) is 52.5 Å². The van der Waals surface area contributed by atoms with Gasteiger partial charge in [-0.15, -0.1) is 0 Å². The van der Waals surface area contributed by atoms with Gasteiger partial charge in [0.05, 0.1) is 44.1 Å². The molecule has 12 nitrogen and oxygen atoms in total. The molecular formula is C35H50ClN3O9S. The van der Waals surface area contributed by atoms with Crippen LogP contribution in [0.3, 0.4) is 0 Å². The van der Waals surface area contributed by atoms with Crippen molar-refractivity contribution in [1.29, 1.82) is 0 Å². The topological polar surface area (TPSA) is 139 Å². The van der Waals surface area contributed by atoms with Crippen molar-refractivity contribution >= 4 is 47.8 Å². The largest absolute Gasteiger partial charge is 0.495 e. The number of carbonyl (C=O) groups excluding carboxylic acids is 3. The summed E-state index contributed by atoms with van der Waals surface area (Å²) in [7, 11) is 6.34. The monoisotopic (exact) mass is 723 g/mol. The summed E-state index contributed by atoms with van der Waals surface area (Å²) in [6.45, 7) is 7.69. The van der Waals surface area contributed by atoms with E-state index < -0.39 is 47.8 Å². The van der Waals surface area contributed by atoms with E-state index >= 15 is 0 Å². The number of nitrogens with one attached hydrogen (secondary N) is 1. The molecule has 0 radical (unpaired) electrons. The quantitative estimate of drug-likeness (QED) is 0.265. The molecule has 0 saturated carbocycles. The molecule has 3 amide bonds. The molecule has 4 bridgehead atoms. The van der Waals surface area contributed by atoms with Crippen molar-refractivity contribution in [3.05, 3.63) is 46.5 Å². The number of rotatable bonds is 8. The van der Waals surface area contributed by atoms with Crippen molar-refractivity contribution in [3.63, 3.8) is 0 Å². The molecule has 4 rings (SSSR count). The van der Waals surface area contributed by atoms with Crippen molar-refractivity contribution in [2.45, 2.75) is 95.2 Å². The number of ether oxygens (including phenoxy) is 5. The van der Waals surface area contributed by atoms with Gasteiger partial charge in [-0.2, -0.15) is 12.6 Å². The zero-order valence-electron chi connectivity index (χ0n) is 29.5. The summed E-state index contributed by atoms with van der Waals surface area (Å²) in [6, 6.07) is 3.38. The van der Waals surface area contributed by atoms with Crippen LogP contribution in [-0.2, 0) is 35.0 Å². The maximum Gasteiger partial charge on any atom is 0.409 e. The third kappa shape index (κ3) is 8.74. The van der Waals surface area contributed by atoms with Crippen molar-refractivity contribution in [2.24, 2.45) is 5.92 Å². The van der Waals surface area contributed by atoms with Gasteiger partial charge in [0.15, 0.2) is 5.72 Å². The Balaban J connectivity index is 1.75. The summed E-state index contributed by atoms with van der Waals surface area (Å²) in [4.78, 5) is 42.5. The molecule has 0 aromatic heterocycles. The van der Waals surface area contributed by atoms with Crippen LogP contribution in [0.25, 0.3) is 0 Å². The molecule has 3 aliphatic rings. The van der Waals surface area contributed by atoms with Gasteiger partial charge in [-0.25, -0.2) is 4.79 Å². The van der Waals surface area contributed by atoms with Crippen molar-refractivity contribution in [3.8, 4) is 5.75 Å². The molecule has 2 N–H and O–H groups in total. The molecule has 8 atom stereocenters. The van der Waals surface area contributed by atoms with E-state index in [1.165, 1.54) is 19.1 Å². The Labute approximate surface area is 299 Å². The second-order valence-corrected chi connectivity index (χ2v) is 14.3. The van der Waals surface area contributed by atoms with Gasteiger partial charge in [-0.05, 0) is 50.6 Å². The van der Waals surface area contributed by atoms with Gasteiger partial charge in [0.25, 0.3) is 0 Å². The third-order valence-corrected chi connectivity index (χ3v) is 10.5. The fourth-order valence-electron chi connectivity index (χ4n) is 6.56. The fraction of sp³-hybridized carbons (Fsp3) is 0.629. The highest BCUT2D eigenvalue weighted by atomic mass is 35.5. The average Bonchev–Trinajstić information content (AvgIpc) is 3.75. The third-order valence-electron chi connectivity index (χ3n) is 9.87. The highest BCUT2D eigenvalue weighted by Gasteiger charge is 2.63. The van der Waals surface area contributed by atoms with Crippen LogP contribution < -0.4 is 15.0 Å². The number of nitrogens with zero attached hydrogens (tertiary/aromatic N) is 2. The normalized spacial score (nSPS) is 32.9. The molecule has 2 saturated heterocycles. The van der Waals surface area contributed by atoms with E-state index in [9.17, 15) is 19.5 Å². The molecule has 272 valence electrons. The summed E-state index contributed by atoms with van der Waals surface area (Å²) >= 11 is 10.9. The lowest BCUT2D eigenvalue weighted by Gasteiger charge is -2.42. The van der Waals surface area contributed by atoms with Gasteiger partial charge >= 0.3 is 6.09 Å². The van der Waals surface area contributed by atoms with Crippen LogP contribution in [0.5, 0.6) is 5.75 Å². The molecule has 2 fully saturated rings. The number of amides is 3. The van der Waals surface area contributed by atoms with Crippen LogP contribution in [0.2, 0.25) is 5.02 Å². The fourth-order valence-corrected chi connectivity index (χ4v) is 7.06. The number of methoxy groups -OCH3 is 2. The predicted octanol–water partition coefficient (Wildman–Crippen LogP) is 4.31. The zero-order chi connectivity index (χ0) is 36.3. The Kier molecular flexibility index (Phi) is 12.8. The Hall–Kier alpha value is -2.81. The number of epoxide rings is 1. The Morgan fingerprint density at radius 2 is 2.02 bits per heavy atom. The Morgan fingerprint density at radius 1 is 1.31 bits per heavy atom. The number of alkyl carbamates (subject to hydrolysis) is 1. The number of benzene rings is 1. The van der Waals surface area contributed by atoms with E-state index in [1.54, 1.807) is 31.1 Å². The summed E-state index contributed by atoms with van der Waals surface area (Å²) < 4.78 is 29.7. The number of hydrogen-bond acceptors (Lipinski definition) is 10. The molecule has 14 heteroatoms. The van der Waals surface area contributed by atoms with E-state index in [-0.39, 0.29) is 43.7 Å². The number of hydrogen-bond donors (Lipinski definition) is 3. The Bertz CT molecular complexity index is 1460. The molecular weight excluding hydrogens is 674 g/mol. The molecule has 0 spiro atoms. The molecule has 1 aromatic carbocycles. The summed E-state index contributed by atoms with van der Waals surface area (Å²) in [5, 5.41) is 14.5. The van der Waals surface area contributed by atoms with Crippen molar-refractivity contribution in [2.75, 3.05) is 45.6 Å². The smallest absolute Gasteiger partial charge is 0.409 e. The molecule has 3 unspecified atom stereocenters. The molecule has 1 aromatic rings. The van der Waals surface area contributed by atoms with Gasteiger partial charge in [0.2, 0.25) is 11.8 Å². The first-order valence-electron chi connectivity index (χ1n) is 16.4. The minimum absolute atomic E-state index is 0.0216. The molecule has 0 aliphatic carbocycles. The number of thiol groups is 1. The highest BCUT2D eigenvalue weighted by Crippen LogP contribution is 2.49. The predicted molar refractivity (Wildman–Crippen MR) is 189 cm³/mol. The van der Waals surface area contributed by atoms with E-state index in [0.717, 1.165) is 11.1 Å². The molecule has 3 aliphatic heterocycles. The van der Waals surface area contributed by atoms with Gasteiger partial charge in [-0.3, -0.25) is 14.9 Å². The zero-order valence-corrected chi connectivity index (χ0v) is 31.2. The standard InChI is InChI=1S/C35H50ClN3O9S/c1-20-10-9-11-27(45-8)35(43)18-26(47-33(42)37-35)22(3)32-34(4,48-32)28(46-19-21(2)38(5)29(40)12-13-49)17-30(41)39(6)24-15-23(14-20)16-25(44-7)31(24)36/h9-11,15-16,21-22,26-28,32,43,49H,12-14,17-19H2,1-8H3,(H,37,42)/b11-9+,20-10+/t21-,22+,26?,27+,28-,32?,34?,35-/m0/s1. The van der Waals surface area contributed by atoms with Gasteiger partial charge < -0.3 is 38.6 Å². The lowest BCUT2D eigenvalue weighted by molar-refractivity contribution is -0.142. The van der Waals surface area contributed by atoms with E-state index in [1.807, 2.05) is 45.9 Å². The number of halogens is 1. The lowest BCUT2D eigenvalue weighted by Crippen LogP contribution is -2.63. The van der Waals surface area contributed by atoms with E-state index in [0.29, 0.717) is 28.6 Å². The lowest BCUT2D eigenvalue weighted by atomic mass is 9.83. The second-order valence-electron chi connectivity index (χ2n) is 13.4. The first-order chi connectivity index (χ1) is 23.1. The summed E-state index contributed by atoms with van der Waals surface area (Å²) in [5.74, 6) is 0.101. The molecule has 49 heavy (non-hydrogen) atoms. The number of aliphatic hydroxyl groups is 1. The summed E-state index contributed by atoms with van der Waals surface area (Å²) in [6.07, 6.45) is 2.42. The minimum atomic E-state index is -1.76. The SMILES string of the molecule is COc1cc2cc(c1Cl)N(C)C(=O)C[C@H](OC[C@H](C)N(C)C(=O)CCS)C1(C)OC1[C@H](C)C1C[C@@](O)(NC(=O)O1)[C@H](OC)/C=C/C=C(\C)C2. The molecule has 3 heterocycles. The maximum atomic E-state index is 14.0. The number of likely N-dealkylation sites (N-methyl/N-ethyl adjacent to an activating group) is 1. The first kappa shape index (κ1) is 39.0. The summed E-state index contributed by atoms with van der Waals surface area (Å²) in [5.41, 5.74) is -0.423. The second kappa shape index (κ2) is 16.0. The van der Waals surface area contributed by atoms with E-state index in [4.69, 9.17) is 35.3 Å². The van der Waals surface area contributed by atoms with E-state index in [2.05, 4.69) is 17.9 Å². The van der Waals surface area contributed by atoms with Crippen LogP contribution in [0.15, 0.2) is 35.9 Å². The number of carbonyl (C=O) groups is 3. The minimum Gasteiger partial charge on any atom is -0.495 e. The first-order valence-corrected chi connectivity index (χ1v) is 17.5. The van der Waals surface area contributed by atoms with Gasteiger partial charge in [0.1, 0.15) is 28.6 Å². The Morgan fingerprint density at radius 3 is 2.67 bits per heavy atom. The number of anilines is 1.